The van der Waals surface area contributed by atoms with Crippen LogP contribution in [0.5, 0.6) is 0 Å². The Kier molecular flexibility index (Phi) is 1.33. The van der Waals surface area contributed by atoms with Gasteiger partial charge >= 0.3 is 0 Å². The summed E-state index contributed by atoms with van der Waals surface area (Å²) in [5.74, 6) is 0.0379. The number of allylic oxidation sites excluding steroid dienone is 2. The molecule has 2 nitrogen and oxygen atoms in total. The Morgan fingerprint density at radius 2 is 2.62 bits per heavy atom. The zero-order valence-electron chi connectivity index (χ0n) is 4.90. The maximum atomic E-state index is 10.3. The maximum absolute atomic E-state index is 10.3. The van der Waals surface area contributed by atoms with Gasteiger partial charge in [0.1, 0.15) is 0 Å². The first-order valence-corrected chi connectivity index (χ1v) is 2.75. The minimum Gasteiger partial charge on any atom is -0.330 e. The van der Waals surface area contributed by atoms with Crippen LogP contribution in [0.1, 0.15) is 21.2 Å². The predicted octanol–water partition coefficient (Wildman–Crippen LogP) is 1.05. The zero-order valence-corrected chi connectivity index (χ0v) is 4.90. The van der Waals surface area contributed by atoms with E-state index in [4.69, 9.17) is 0 Å². The Morgan fingerprint density at radius 1 is 2.00 bits per heavy atom. The highest BCUT2D eigenvalue weighted by Crippen LogP contribution is 2.13. The van der Waals surface area contributed by atoms with Crippen LogP contribution in [0, 0.1) is 0 Å². The molecule has 0 saturated heterocycles. The van der Waals surface area contributed by atoms with Gasteiger partial charge in [-0.15, -0.1) is 0 Å². The minimum absolute atomic E-state index is 0. The van der Waals surface area contributed by atoms with Gasteiger partial charge in [-0.05, 0) is 12.8 Å². The van der Waals surface area contributed by atoms with Crippen molar-refractivity contribution in [2.45, 2.75) is 19.8 Å². The summed E-state index contributed by atoms with van der Waals surface area (Å²) < 4.78 is 0. The zero-order chi connectivity index (χ0) is 5.98. The highest BCUT2D eigenvalue weighted by atomic mass is 16.1. The van der Waals surface area contributed by atoms with Gasteiger partial charge in [-0.25, -0.2) is 0 Å². The van der Waals surface area contributed by atoms with Crippen molar-refractivity contribution >= 4 is 5.91 Å². The third-order valence-electron chi connectivity index (χ3n) is 1.14. The van der Waals surface area contributed by atoms with Crippen LogP contribution in [-0.2, 0) is 4.79 Å². The second kappa shape index (κ2) is 1.99. The van der Waals surface area contributed by atoms with Crippen LogP contribution in [-0.4, -0.2) is 5.91 Å². The number of rotatable bonds is 1. The Hall–Kier alpha value is -0.790. The van der Waals surface area contributed by atoms with Crippen molar-refractivity contribution in [1.29, 1.82) is 0 Å². The van der Waals surface area contributed by atoms with E-state index >= 15 is 0 Å². The molecule has 0 aliphatic heterocycles. The number of amides is 1. The van der Waals surface area contributed by atoms with Crippen LogP contribution in [0.25, 0.3) is 0 Å². The molecule has 0 heterocycles. The van der Waals surface area contributed by atoms with Crippen LogP contribution < -0.4 is 5.32 Å². The standard InChI is InChI=1S/C6H9NO.H2/c1-5(8)7-6-3-2-4-6;/h3H,2,4H2,1H3,(H,7,8);1H. The average molecular weight is 113 g/mol. The summed E-state index contributed by atoms with van der Waals surface area (Å²) >= 11 is 0. The van der Waals surface area contributed by atoms with Crippen molar-refractivity contribution < 1.29 is 6.22 Å². The number of carbonyl (C=O) groups excluding carboxylic acids is 1. The molecule has 0 saturated carbocycles. The van der Waals surface area contributed by atoms with Gasteiger partial charge in [0.25, 0.3) is 0 Å². The first-order valence-electron chi connectivity index (χ1n) is 2.75. The quantitative estimate of drug-likeness (QED) is 0.541. The molecule has 1 aliphatic carbocycles. The fraction of sp³-hybridized carbons (Fsp3) is 0.500. The second-order valence-electron chi connectivity index (χ2n) is 1.95. The summed E-state index contributed by atoms with van der Waals surface area (Å²) in [6, 6.07) is 0. The molecule has 0 unspecified atom stereocenters. The number of carbonyl (C=O) groups is 1. The fourth-order valence-electron chi connectivity index (χ4n) is 0.628. The molecule has 1 rings (SSSR count). The molecule has 1 amide bonds. The fourth-order valence-corrected chi connectivity index (χ4v) is 0.628. The van der Waals surface area contributed by atoms with Crippen LogP contribution >= 0.6 is 0 Å². The van der Waals surface area contributed by atoms with Crippen LogP contribution in [0.15, 0.2) is 11.8 Å². The molecule has 8 heavy (non-hydrogen) atoms. The van der Waals surface area contributed by atoms with E-state index in [9.17, 15) is 4.79 Å². The Morgan fingerprint density at radius 3 is 2.75 bits per heavy atom. The van der Waals surface area contributed by atoms with Crippen molar-refractivity contribution in [3.05, 3.63) is 11.8 Å². The molecule has 0 radical (unpaired) electrons. The first kappa shape index (κ1) is 5.35. The lowest BCUT2D eigenvalue weighted by molar-refractivity contribution is -0.118. The maximum Gasteiger partial charge on any atom is 0.220 e. The molecule has 1 aliphatic rings. The number of hydrogen-bond donors (Lipinski definition) is 1. The predicted molar refractivity (Wildman–Crippen MR) is 33.2 cm³/mol. The smallest absolute Gasteiger partial charge is 0.220 e. The lowest BCUT2D eigenvalue weighted by Crippen LogP contribution is -2.21. The molecule has 0 bridgehead atoms. The van der Waals surface area contributed by atoms with Crippen molar-refractivity contribution in [3.8, 4) is 0 Å². The van der Waals surface area contributed by atoms with Crippen molar-refractivity contribution in [2.75, 3.05) is 0 Å². The summed E-state index contributed by atoms with van der Waals surface area (Å²) in [6.45, 7) is 1.53. The highest BCUT2D eigenvalue weighted by Gasteiger charge is 2.04. The van der Waals surface area contributed by atoms with Crippen molar-refractivity contribution in [3.63, 3.8) is 0 Å². The third kappa shape index (κ3) is 1.09. The normalized spacial score (nSPS) is 16.4. The van der Waals surface area contributed by atoms with E-state index in [0.717, 1.165) is 18.5 Å². The van der Waals surface area contributed by atoms with Crippen LogP contribution in [0.4, 0.5) is 0 Å². The molecule has 1 N–H and O–H groups in total. The molecule has 0 atom stereocenters. The van der Waals surface area contributed by atoms with Gasteiger partial charge in [-0.3, -0.25) is 4.79 Å². The Bertz CT molecular complexity index is 142. The minimum atomic E-state index is 0. The summed E-state index contributed by atoms with van der Waals surface area (Å²) in [4.78, 5) is 10.3. The summed E-state index contributed by atoms with van der Waals surface area (Å²) in [7, 11) is 0. The van der Waals surface area contributed by atoms with Gasteiger partial charge in [0.05, 0.1) is 0 Å². The molecule has 0 fully saturated rings. The second-order valence-corrected chi connectivity index (χ2v) is 1.95. The van der Waals surface area contributed by atoms with Crippen molar-refractivity contribution in [1.82, 2.24) is 5.32 Å². The van der Waals surface area contributed by atoms with Gasteiger partial charge in [0.2, 0.25) is 5.91 Å². The largest absolute Gasteiger partial charge is 0.330 e. The van der Waals surface area contributed by atoms with Gasteiger partial charge in [0, 0.05) is 14.0 Å². The summed E-state index contributed by atoms with van der Waals surface area (Å²) in [6.07, 6.45) is 4.19. The van der Waals surface area contributed by atoms with Crippen LogP contribution in [0.2, 0.25) is 0 Å². The Labute approximate surface area is 50.1 Å². The van der Waals surface area contributed by atoms with E-state index in [-0.39, 0.29) is 7.33 Å². The van der Waals surface area contributed by atoms with E-state index in [1.54, 1.807) is 0 Å². The van der Waals surface area contributed by atoms with Gasteiger partial charge < -0.3 is 5.32 Å². The number of nitrogens with one attached hydrogen (secondary N) is 1. The highest BCUT2D eigenvalue weighted by molar-refractivity contribution is 5.75. The van der Waals surface area contributed by atoms with Gasteiger partial charge in [-0.2, -0.15) is 0 Å². The molecule has 0 spiro atoms. The molecule has 46 valence electrons. The number of hydrogen-bond acceptors (Lipinski definition) is 1. The lowest BCUT2D eigenvalue weighted by Gasteiger charge is -2.13. The van der Waals surface area contributed by atoms with E-state index in [1.807, 2.05) is 6.08 Å². The Balaban J connectivity index is 0.000000640. The lowest BCUT2D eigenvalue weighted by atomic mass is 10.1. The van der Waals surface area contributed by atoms with Gasteiger partial charge in [0.15, 0.2) is 0 Å². The molecule has 0 aromatic rings. The van der Waals surface area contributed by atoms with E-state index in [1.165, 1.54) is 6.92 Å². The monoisotopic (exact) mass is 113 g/mol. The molecule has 0 aromatic carbocycles. The van der Waals surface area contributed by atoms with E-state index in [2.05, 4.69) is 5.32 Å². The molecule has 0 aromatic heterocycles. The molecular formula is C6H11NO. The summed E-state index contributed by atoms with van der Waals surface area (Å²) in [5, 5.41) is 2.70. The first-order chi connectivity index (χ1) is 3.79. The van der Waals surface area contributed by atoms with E-state index in [0.29, 0.717) is 0 Å². The average Bonchev–Trinajstić information content (AvgIpc) is 1.55. The summed E-state index contributed by atoms with van der Waals surface area (Å²) in [5.41, 5.74) is 1.08. The third-order valence-corrected chi connectivity index (χ3v) is 1.14. The molecular weight excluding hydrogens is 102 g/mol. The topological polar surface area (TPSA) is 29.1 Å². The van der Waals surface area contributed by atoms with Gasteiger partial charge in [-0.1, -0.05) is 6.08 Å². The van der Waals surface area contributed by atoms with Crippen molar-refractivity contribution in [2.24, 2.45) is 0 Å². The molecule has 2 heteroatoms. The van der Waals surface area contributed by atoms with E-state index < -0.39 is 0 Å². The SMILES string of the molecule is CC(=O)NC1=CCC1.[HH]. The van der Waals surface area contributed by atoms with Crippen LogP contribution in [0.3, 0.4) is 0 Å².